The Morgan fingerprint density at radius 1 is 1.29 bits per heavy atom. The van der Waals surface area contributed by atoms with E-state index in [-0.39, 0.29) is 10.6 Å². The summed E-state index contributed by atoms with van der Waals surface area (Å²) in [6.07, 6.45) is 8.03. The van der Waals surface area contributed by atoms with Crippen molar-refractivity contribution >= 4 is 5.69 Å². The van der Waals surface area contributed by atoms with Crippen molar-refractivity contribution in [2.45, 2.75) is 65.0 Å². The van der Waals surface area contributed by atoms with Gasteiger partial charge in [-0.05, 0) is 38.2 Å². The summed E-state index contributed by atoms with van der Waals surface area (Å²) in [5.74, 6) is 0.742. The first-order valence-electron chi connectivity index (χ1n) is 8.06. The van der Waals surface area contributed by atoms with Crippen LogP contribution in [0.1, 0.15) is 56.6 Å². The van der Waals surface area contributed by atoms with Crippen LogP contribution in [0.15, 0.2) is 18.2 Å². The van der Waals surface area contributed by atoms with Gasteiger partial charge in [0, 0.05) is 24.2 Å². The first-order chi connectivity index (χ1) is 10.1. The predicted molar refractivity (Wildman–Crippen MR) is 85.3 cm³/mol. The van der Waals surface area contributed by atoms with Crippen LogP contribution in [-0.4, -0.2) is 11.0 Å². The molecular weight excluding hydrogens is 264 g/mol. The van der Waals surface area contributed by atoms with E-state index in [1.54, 1.807) is 12.1 Å². The molecule has 1 aromatic rings. The number of nitro benzene ring substituents is 1. The minimum atomic E-state index is -0.298. The zero-order valence-electron chi connectivity index (χ0n) is 13.1. The number of nitro groups is 1. The Labute approximate surface area is 127 Å². The summed E-state index contributed by atoms with van der Waals surface area (Å²) in [5.41, 5.74) is 2.03. The monoisotopic (exact) mass is 290 g/mol. The lowest BCUT2D eigenvalue weighted by Crippen LogP contribution is -2.33. The molecule has 1 aromatic carbocycles. The van der Waals surface area contributed by atoms with Crippen LogP contribution in [0.25, 0.3) is 0 Å². The number of benzene rings is 1. The van der Waals surface area contributed by atoms with Crippen molar-refractivity contribution in [2.24, 2.45) is 5.92 Å². The lowest BCUT2D eigenvalue weighted by Gasteiger charge is -2.24. The second kappa shape index (κ2) is 7.55. The topological polar surface area (TPSA) is 55.2 Å². The fourth-order valence-corrected chi connectivity index (χ4v) is 3.31. The Hall–Kier alpha value is -1.42. The van der Waals surface area contributed by atoms with Gasteiger partial charge in [-0.2, -0.15) is 0 Å². The molecule has 1 N–H and O–H groups in total. The number of rotatable bonds is 5. The van der Waals surface area contributed by atoms with E-state index in [2.05, 4.69) is 12.2 Å². The Bertz CT molecular complexity index is 480. The summed E-state index contributed by atoms with van der Waals surface area (Å²) in [4.78, 5) is 10.7. The van der Waals surface area contributed by atoms with Crippen LogP contribution in [0, 0.1) is 23.0 Å². The maximum atomic E-state index is 11.0. The van der Waals surface area contributed by atoms with Gasteiger partial charge in [0.05, 0.1) is 4.92 Å². The van der Waals surface area contributed by atoms with Crippen molar-refractivity contribution < 1.29 is 4.92 Å². The van der Waals surface area contributed by atoms with Crippen molar-refractivity contribution in [2.75, 3.05) is 0 Å². The summed E-state index contributed by atoms with van der Waals surface area (Å²) in [6, 6.07) is 5.81. The lowest BCUT2D eigenvalue weighted by atomic mass is 9.92. The highest BCUT2D eigenvalue weighted by Gasteiger charge is 2.19. The SMILES string of the molecule is Cc1c(CN[C@@H](C)C2CCCCCC2)cccc1[N+](=O)[O-]. The van der Waals surface area contributed by atoms with E-state index in [4.69, 9.17) is 0 Å². The Morgan fingerprint density at radius 2 is 1.95 bits per heavy atom. The fraction of sp³-hybridized carbons (Fsp3) is 0.647. The first-order valence-corrected chi connectivity index (χ1v) is 8.06. The Morgan fingerprint density at radius 3 is 2.57 bits per heavy atom. The fourth-order valence-electron chi connectivity index (χ4n) is 3.31. The third kappa shape index (κ3) is 4.27. The molecule has 0 saturated heterocycles. The van der Waals surface area contributed by atoms with Crippen LogP contribution in [0.5, 0.6) is 0 Å². The van der Waals surface area contributed by atoms with Crippen molar-refractivity contribution in [3.05, 3.63) is 39.4 Å². The van der Waals surface area contributed by atoms with Crippen LogP contribution >= 0.6 is 0 Å². The first kappa shape index (κ1) is 16.0. The smallest absolute Gasteiger partial charge is 0.272 e. The molecular formula is C17H26N2O2. The zero-order valence-corrected chi connectivity index (χ0v) is 13.1. The zero-order chi connectivity index (χ0) is 15.2. The number of hydrogen-bond donors (Lipinski definition) is 1. The van der Waals surface area contributed by atoms with Gasteiger partial charge in [0.2, 0.25) is 0 Å². The molecule has 1 aliphatic rings. The predicted octanol–water partition coefficient (Wildman–Crippen LogP) is 4.35. The van der Waals surface area contributed by atoms with E-state index in [1.165, 1.54) is 38.5 Å². The molecule has 0 bridgehead atoms. The minimum absolute atomic E-state index is 0.219. The van der Waals surface area contributed by atoms with Gasteiger partial charge in [0.1, 0.15) is 0 Å². The minimum Gasteiger partial charge on any atom is -0.310 e. The molecule has 1 fully saturated rings. The second-order valence-electron chi connectivity index (χ2n) is 6.24. The van der Waals surface area contributed by atoms with E-state index < -0.39 is 0 Å². The van der Waals surface area contributed by atoms with Crippen LogP contribution in [0.4, 0.5) is 5.69 Å². The van der Waals surface area contributed by atoms with E-state index in [0.29, 0.717) is 12.6 Å². The van der Waals surface area contributed by atoms with Gasteiger partial charge >= 0.3 is 0 Å². The quantitative estimate of drug-likeness (QED) is 0.498. The number of nitrogens with one attached hydrogen (secondary N) is 1. The number of hydrogen-bond acceptors (Lipinski definition) is 3. The molecule has 21 heavy (non-hydrogen) atoms. The van der Waals surface area contributed by atoms with Crippen LogP contribution < -0.4 is 5.32 Å². The van der Waals surface area contributed by atoms with Crippen molar-refractivity contribution in [3.8, 4) is 0 Å². The highest BCUT2D eigenvalue weighted by atomic mass is 16.6. The maximum Gasteiger partial charge on any atom is 0.272 e. The normalized spacial score (nSPS) is 18.2. The molecule has 1 saturated carbocycles. The molecule has 0 aliphatic heterocycles. The molecule has 0 aromatic heterocycles. The summed E-state index contributed by atoms with van der Waals surface area (Å²) < 4.78 is 0. The van der Waals surface area contributed by atoms with E-state index in [1.807, 2.05) is 13.0 Å². The molecule has 0 unspecified atom stereocenters. The van der Waals surface area contributed by atoms with E-state index in [9.17, 15) is 10.1 Å². The maximum absolute atomic E-state index is 11.0. The second-order valence-corrected chi connectivity index (χ2v) is 6.24. The highest BCUT2D eigenvalue weighted by Crippen LogP contribution is 2.26. The van der Waals surface area contributed by atoms with Gasteiger partial charge < -0.3 is 5.32 Å². The van der Waals surface area contributed by atoms with Gasteiger partial charge in [-0.3, -0.25) is 10.1 Å². The lowest BCUT2D eigenvalue weighted by molar-refractivity contribution is -0.385. The molecule has 0 spiro atoms. The van der Waals surface area contributed by atoms with Gasteiger partial charge in [-0.1, -0.05) is 37.8 Å². The molecule has 1 aliphatic carbocycles. The summed E-state index contributed by atoms with van der Waals surface area (Å²) in [5, 5.41) is 14.6. The highest BCUT2D eigenvalue weighted by molar-refractivity contribution is 5.44. The number of nitrogens with zero attached hydrogens (tertiary/aromatic N) is 1. The molecule has 4 nitrogen and oxygen atoms in total. The average Bonchev–Trinajstić information content (AvgIpc) is 2.74. The Kier molecular flexibility index (Phi) is 5.74. The van der Waals surface area contributed by atoms with E-state index >= 15 is 0 Å². The molecule has 0 radical (unpaired) electrons. The van der Waals surface area contributed by atoms with Crippen molar-refractivity contribution in [3.63, 3.8) is 0 Å². The summed E-state index contributed by atoms with van der Waals surface area (Å²) in [7, 11) is 0. The summed E-state index contributed by atoms with van der Waals surface area (Å²) in [6.45, 7) is 4.80. The van der Waals surface area contributed by atoms with Crippen LogP contribution in [0.3, 0.4) is 0 Å². The molecule has 2 rings (SSSR count). The largest absolute Gasteiger partial charge is 0.310 e. The summed E-state index contributed by atoms with van der Waals surface area (Å²) >= 11 is 0. The van der Waals surface area contributed by atoms with Crippen molar-refractivity contribution in [1.29, 1.82) is 0 Å². The molecule has 116 valence electrons. The average molecular weight is 290 g/mol. The molecule has 0 heterocycles. The van der Waals surface area contributed by atoms with Gasteiger partial charge in [-0.15, -0.1) is 0 Å². The molecule has 0 amide bonds. The standard InChI is InChI=1S/C17H26N2O2/c1-13-16(10-7-11-17(13)19(20)21)12-18-14(2)15-8-5-3-4-6-9-15/h7,10-11,14-15,18H,3-6,8-9,12H2,1-2H3/t14-/m0/s1. The van der Waals surface area contributed by atoms with Gasteiger partial charge in [-0.25, -0.2) is 0 Å². The van der Waals surface area contributed by atoms with Crippen LogP contribution in [-0.2, 0) is 6.54 Å². The van der Waals surface area contributed by atoms with E-state index in [0.717, 1.165) is 17.0 Å². The third-order valence-electron chi connectivity index (χ3n) is 4.84. The van der Waals surface area contributed by atoms with Gasteiger partial charge in [0.15, 0.2) is 0 Å². The van der Waals surface area contributed by atoms with Crippen molar-refractivity contribution in [1.82, 2.24) is 5.32 Å². The van der Waals surface area contributed by atoms with Crippen LogP contribution in [0.2, 0.25) is 0 Å². The Balaban J connectivity index is 1.96. The molecule has 1 atom stereocenters. The van der Waals surface area contributed by atoms with Gasteiger partial charge in [0.25, 0.3) is 5.69 Å². The third-order valence-corrected chi connectivity index (χ3v) is 4.84. The molecule has 4 heteroatoms.